The number of carbonyl (C=O) groups excluding carboxylic acids is 1. The lowest BCUT2D eigenvalue weighted by atomic mass is 10.1. The van der Waals surface area contributed by atoms with Crippen molar-refractivity contribution in [1.82, 2.24) is 0 Å². The molecular weight excluding hydrogens is 324 g/mol. The molecule has 26 heavy (non-hydrogen) atoms. The lowest BCUT2D eigenvalue weighted by molar-refractivity contribution is 0.0529. The number of aryl methyl sites for hydroxylation is 2. The molecule has 0 aliphatic rings. The molecule has 0 aromatic heterocycles. The molecule has 2 aromatic rings. The summed E-state index contributed by atoms with van der Waals surface area (Å²) < 4.78 is 10.2. The summed E-state index contributed by atoms with van der Waals surface area (Å²) in [7, 11) is 0. The molecule has 0 spiro atoms. The molecule has 0 unspecified atom stereocenters. The van der Waals surface area contributed by atoms with Gasteiger partial charge in [-0.15, -0.1) is 0 Å². The predicted molar refractivity (Wildman–Crippen MR) is 105 cm³/mol. The van der Waals surface area contributed by atoms with Crippen molar-refractivity contribution >= 4 is 6.16 Å². The van der Waals surface area contributed by atoms with Crippen molar-refractivity contribution in [3.63, 3.8) is 0 Å². The molecule has 0 heterocycles. The second-order valence-electron chi connectivity index (χ2n) is 6.54. The fraction of sp³-hybridized carbons (Fsp3) is 0.435. The summed E-state index contributed by atoms with van der Waals surface area (Å²) in [6.45, 7) is 0.892. The van der Waals surface area contributed by atoms with Gasteiger partial charge in [-0.2, -0.15) is 0 Å². The number of unbranched alkanes of at least 4 members (excludes halogenated alkanes) is 4. The minimum Gasteiger partial charge on any atom is -0.434 e. The zero-order valence-corrected chi connectivity index (χ0v) is 15.6. The molecular formula is C23H30O3. The molecule has 2 rings (SSSR count). The third-order valence-electron chi connectivity index (χ3n) is 4.35. The van der Waals surface area contributed by atoms with E-state index in [9.17, 15) is 4.79 Å². The first kappa shape index (κ1) is 20.0. The molecule has 0 amide bonds. The lowest BCUT2D eigenvalue weighted by Gasteiger charge is -2.06. The van der Waals surface area contributed by atoms with Crippen molar-refractivity contribution in [3.8, 4) is 0 Å². The van der Waals surface area contributed by atoms with E-state index in [1.165, 1.54) is 11.1 Å². The lowest BCUT2D eigenvalue weighted by Crippen LogP contribution is -2.09. The van der Waals surface area contributed by atoms with E-state index in [0.717, 1.165) is 51.4 Å². The van der Waals surface area contributed by atoms with Gasteiger partial charge in [0.1, 0.15) is 0 Å². The van der Waals surface area contributed by atoms with Gasteiger partial charge in [0.2, 0.25) is 0 Å². The maximum Gasteiger partial charge on any atom is 0.508 e. The van der Waals surface area contributed by atoms with E-state index in [-0.39, 0.29) is 0 Å². The van der Waals surface area contributed by atoms with Crippen molar-refractivity contribution in [1.29, 1.82) is 0 Å². The van der Waals surface area contributed by atoms with E-state index in [2.05, 4.69) is 48.5 Å². The van der Waals surface area contributed by atoms with E-state index in [4.69, 9.17) is 9.47 Å². The van der Waals surface area contributed by atoms with Gasteiger partial charge in [-0.05, 0) is 62.5 Å². The summed E-state index contributed by atoms with van der Waals surface area (Å²) >= 11 is 0. The first-order valence-corrected chi connectivity index (χ1v) is 9.72. The highest BCUT2D eigenvalue weighted by Gasteiger charge is 2.03. The maximum absolute atomic E-state index is 11.5. The highest BCUT2D eigenvalue weighted by molar-refractivity contribution is 5.59. The van der Waals surface area contributed by atoms with Crippen LogP contribution in [0.25, 0.3) is 0 Å². The minimum atomic E-state index is -0.531. The molecule has 0 atom stereocenters. The summed E-state index contributed by atoms with van der Waals surface area (Å²) in [6.07, 6.45) is 7.74. The van der Waals surface area contributed by atoms with Crippen LogP contribution in [0.3, 0.4) is 0 Å². The van der Waals surface area contributed by atoms with Gasteiger partial charge < -0.3 is 9.47 Å². The predicted octanol–water partition coefficient (Wildman–Crippen LogP) is 5.97. The van der Waals surface area contributed by atoms with Crippen LogP contribution in [0.1, 0.15) is 49.7 Å². The summed E-state index contributed by atoms with van der Waals surface area (Å²) in [5.74, 6) is 0. The van der Waals surface area contributed by atoms with Gasteiger partial charge in [-0.25, -0.2) is 4.79 Å². The van der Waals surface area contributed by atoms with Crippen LogP contribution in [0.5, 0.6) is 0 Å². The number of hydrogen-bond acceptors (Lipinski definition) is 3. The highest BCUT2D eigenvalue weighted by Crippen LogP contribution is 2.08. The van der Waals surface area contributed by atoms with Crippen LogP contribution in [0.4, 0.5) is 4.79 Å². The van der Waals surface area contributed by atoms with Gasteiger partial charge in [0.15, 0.2) is 0 Å². The number of carbonyl (C=O) groups is 1. The average Bonchev–Trinajstić information content (AvgIpc) is 2.69. The second-order valence-corrected chi connectivity index (χ2v) is 6.54. The molecule has 0 saturated heterocycles. The summed E-state index contributed by atoms with van der Waals surface area (Å²) in [5.41, 5.74) is 2.72. The molecule has 2 aromatic carbocycles. The molecule has 0 aliphatic heterocycles. The first-order chi connectivity index (χ1) is 12.8. The van der Waals surface area contributed by atoms with Crippen LogP contribution in [0, 0.1) is 0 Å². The molecule has 0 radical (unpaired) electrons. The Bertz CT molecular complexity index is 542. The number of rotatable bonds is 12. The molecule has 0 N–H and O–H groups in total. The number of ether oxygens (including phenoxy) is 2. The first-order valence-electron chi connectivity index (χ1n) is 9.72. The van der Waals surface area contributed by atoms with Crippen molar-refractivity contribution in [3.05, 3.63) is 71.8 Å². The fourth-order valence-electron chi connectivity index (χ4n) is 2.86. The monoisotopic (exact) mass is 354 g/mol. The zero-order valence-electron chi connectivity index (χ0n) is 15.6. The third kappa shape index (κ3) is 9.26. The Balaban J connectivity index is 1.37. The molecule has 0 fully saturated rings. The van der Waals surface area contributed by atoms with E-state index >= 15 is 0 Å². The van der Waals surface area contributed by atoms with Crippen LogP contribution in [0.2, 0.25) is 0 Å². The van der Waals surface area contributed by atoms with Crippen LogP contribution in [-0.4, -0.2) is 19.4 Å². The fourth-order valence-corrected chi connectivity index (χ4v) is 2.86. The number of hydrogen-bond donors (Lipinski definition) is 0. The maximum atomic E-state index is 11.5. The van der Waals surface area contributed by atoms with Crippen LogP contribution in [-0.2, 0) is 22.3 Å². The van der Waals surface area contributed by atoms with Gasteiger partial charge in [0, 0.05) is 0 Å². The molecule has 0 aliphatic carbocycles. The van der Waals surface area contributed by atoms with Crippen LogP contribution < -0.4 is 0 Å². The van der Waals surface area contributed by atoms with Gasteiger partial charge in [0.05, 0.1) is 13.2 Å². The van der Waals surface area contributed by atoms with Gasteiger partial charge in [-0.1, -0.05) is 60.7 Å². The second kappa shape index (κ2) is 13.0. The Labute approximate surface area is 157 Å². The van der Waals surface area contributed by atoms with E-state index in [0.29, 0.717) is 13.2 Å². The van der Waals surface area contributed by atoms with E-state index < -0.39 is 6.16 Å². The highest BCUT2D eigenvalue weighted by atomic mass is 16.7. The Morgan fingerprint density at radius 3 is 1.42 bits per heavy atom. The van der Waals surface area contributed by atoms with Gasteiger partial charge in [0.25, 0.3) is 0 Å². The van der Waals surface area contributed by atoms with Crippen molar-refractivity contribution in [2.75, 3.05) is 13.2 Å². The topological polar surface area (TPSA) is 35.5 Å². The van der Waals surface area contributed by atoms with Crippen LogP contribution >= 0.6 is 0 Å². The summed E-state index contributed by atoms with van der Waals surface area (Å²) in [4.78, 5) is 11.5. The quantitative estimate of drug-likeness (QED) is 0.348. The Morgan fingerprint density at radius 2 is 1.00 bits per heavy atom. The average molecular weight is 354 g/mol. The van der Waals surface area contributed by atoms with E-state index in [1.807, 2.05) is 12.1 Å². The molecule has 0 bridgehead atoms. The van der Waals surface area contributed by atoms with Crippen molar-refractivity contribution < 1.29 is 14.3 Å². The normalized spacial score (nSPS) is 10.5. The SMILES string of the molecule is O=C(OCCCCCc1ccccc1)OCCCCCc1ccccc1. The smallest absolute Gasteiger partial charge is 0.434 e. The Kier molecular flexibility index (Phi) is 10.0. The number of benzene rings is 2. The third-order valence-corrected chi connectivity index (χ3v) is 4.35. The zero-order chi connectivity index (χ0) is 18.3. The van der Waals surface area contributed by atoms with Gasteiger partial charge >= 0.3 is 6.16 Å². The van der Waals surface area contributed by atoms with E-state index in [1.54, 1.807) is 0 Å². The molecule has 0 saturated carbocycles. The molecule has 3 heteroatoms. The summed E-state index contributed by atoms with van der Waals surface area (Å²) in [5, 5.41) is 0. The van der Waals surface area contributed by atoms with Crippen molar-refractivity contribution in [2.24, 2.45) is 0 Å². The molecule has 3 nitrogen and oxygen atoms in total. The Morgan fingerprint density at radius 1 is 0.577 bits per heavy atom. The minimum absolute atomic E-state index is 0.446. The Hall–Kier alpha value is -2.29. The molecule has 140 valence electrons. The van der Waals surface area contributed by atoms with Crippen molar-refractivity contribution in [2.45, 2.75) is 51.4 Å². The summed E-state index contributed by atoms with van der Waals surface area (Å²) in [6, 6.07) is 20.9. The van der Waals surface area contributed by atoms with Crippen LogP contribution in [0.15, 0.2) is 60.7 Å². The standard InChI is InChI=1S/C23H30O3/c24-23(25-19-11-3-9-17-21-13-5-1-6-14-21)26-20-12-4-10-18-22-15-7-2-8-16-22/h1-2,5-8,13-16H,3-4,9-12,17-20H2. The van der Waals surface area contributed by atoms with Gasteiger partial charge in [-0.3, -0.25) is 0 Å². The largest absolute Gasteiger partial charge is 0.508 e.